The monoisotopic (exact) mass is 293 g/mol. The van der Waals surface area contributed by atoms with E-state index in [9.17, 15) is 4.79 Å². The van der Waals surface area contributed by atoms with Crippen molar-refractivity contribution in [3.05, 3.63) is 24.3 Å². The van der Waals surface area contributed by atoms with Crippen LogP contribution in [0, 0.1) is 0 Å². The highest BCUT2D eigenvalue weighted by Crippen LogP contribution is 2.26. The normalized spacial score (nSPS) is 10.5. The van der Waals surface area contributed by atoms with Crippen molar-refractivity contribution in [2.45, 2.75) is 52.5 Å². The van der Waals surface area contributed by atoms with Crippen LogP contribution in [-0.2, 0) is 4.79 Å². The maximum absolute atomic E-state index is 11.8. The standard InChI is InChI=1S/C17H27NO3/c1-4-14(5-2)18-17(19)12-9-13-21-16-11-8-7-10-15(16)20-6-3/h7-8,10-11,14H,4-6,9,12-13H2,1-3H3,(H,18,19). The number of rotatable bonds is 10. The Morgan fingerprint density at radius 3 is 2.29 bits per heavy atom. The van der Waals surface area contributed by atoms with Gasteiger partial charge in [-0.3, -0.25) is 4.79 Å². The number of nitrogens with one attached hydrogen (secondary N) is 1. The second-order valence-electron chi connectivity index (χ2n) is 4.91. The Kier molecular flexibility index (Phi) is 8.32. The minimum absolute atomic E-state index is 0.102. The molecule has 0 saturated heterocycles. The van der Waals surface area contributed by atoms with Gasteiger partial charge in [0.1, 0.15) is 0 Å². The van der Waals surface area contributed by atoms with Gasteiger partial charge < -0.3 is 14.8 Å². The fourth-order valence-corrected chi connectivity index (χ4v) is 2.05. The highest BCUT2D eigenvalue weighted by Gasteiger charge is 2.08. The molecule has 0 aliphatic heterocycles. The van der Waals surface area contributed by atoms with Gasteiger partial charge >= 0.3 is 0 Å². The molecule has 4 nitrogen and oxygen atoms in total. The molecule has 0 aliphatic rings. The Morgan fingerprint density at radius 2 is 1.71 bits per heavy atom. The van der Waals surface area contributed by atoms with Crippen LogP contribution in [0.1, 0.15) is 46.5 Å². The van der Waals surface area contributed by atoms with Crippen LogP contribution in [-0.4, -0.2) is 25.2 Å². The van der Waals surface area contributed by atoms with E-state index in [0.717, 1.165) is 24.3 Å². The molecule has 0 aliphatic carbocycles. The Balaban J connectivity index is 2.29. The third-order valence-electron chi connectivity index (χ3n) is 3.31. The van der Waals surface area contributed by atoms with Crippen molar-refractivity contribution < 1.29 is 14.3 Å². The Bertz CT molecular complexity index is 416. The van der Waals surface area contributed by atoms with Crippen LogP contribution in [0.4, 0.5) is 0 Å². The molecule has 0 fully saturated rings. The van der Waals surface area contributed by atoms with Gasteiger partial charge in [-0.2, -0.15) is 0 Å². The first-order valence-electron chi connectivity index (χ1n) is 7.85. The van der Waals surface area contributed by atoms with Crippen LogP contribution in [0.2, 0.25) is 0 Å². The smallest absolute Gasteiger partial charge is 0.220 e. The highest BCUT2D eigenvalue weighted by molar-refractivity contribution is 5.76. The zero-order chi connectivity index (χ0) is 15.5. The summed E-state index contributed by atoms with van der Waals surface area (Å²) in [6.45, 7) is 7.24. The van der Waals surface area contributed by atoms with Crippen LogP contribution in [0.15, 0.2) is 24.3 Å². The summed E-state index contributed by atoms with van der Waals surface area (Å²) in [6.07, 6.45) is 3.14. The van der Waals surface area contributed by atoms with E-state index in [0.29, 0.717) is 26.1 Å². The van der Waals surface area contributed by atoms with Gasteiger partial charge in [0.15, 0.2) is 11.5 Å². The van der Waals surface area contributed by atoms with Crippen LogP contribution in [0.3, 0.4) is 0 Å². The van der Waals surface area contributed by atoms with Gasteiger partial charge in [-0.15, -0.1) is 0 Å². The Hall–Kier alpha value is -1.71. The van der Waals surface area contributed by atoms with Gasteiger partial charge in [0.25, 0.3) is 0 Å². The van der Waals surface area contributed by atoms with Gasteiger partial charge in [0, 0.05) is 12.5 Å². The first-order chi connectivity index (χ1) is 10.2. The summed E-state index contributed by atoms with van der Waals surface area (Å²) in [5.41, 5.74) is 0. The van der Waals surface area contributed by atoms with Crippen LogP contribution in [0.25, 0.3) is 0 Å². The molecule has 118 valence electrons. The summed E-state index contributed by atoms with van der Waals surface area (Å²) in [6, 6.07) is 7.89. The third-order valence-corrected chi connectivity index (χ3v) is 3.31. The molecule has 0 atom stereocenters. The SMILES string of the molecule is CCOc1ccccc1OCCCC(=O)NC(CC)CC. The molecular formula is C17H27NO3. The number of carbonyl (C=O) groups is 1. The average Bonchev–Trinajstić information content (AvgIpc) is 2.51. The number of ether oxygens (including phenoxy) is 2. The highest BCUT2D eigenvalue weighted by atomic mass is 16.5. The summed E-state index contributed by atoms with van der Waals surface area (Å²) < 4.78 is 11.2. The van der Waals surface area contributed by atoms with Crippen LogP contribution < -0.4 is 14.8 Å². The first kappa shape index (κ1) is 17.3. The second-order valence-corrected chi connectivity index (χ2v) is 4.91. The summed E-state index contributed by atoms with van der Waals surface area (Å²) in [4.78, 5) is 11.8. The molecule has 0 saturated carbocycles. The predicted octanol–water partition coefficient (Wildman–Crippen LogP) is 3.55. The van der Waals surface area contributed by atoms with E-state index in [4.69, 9.17) is 9.47 Å². The molecule has 0 bridgehead atoms. The van der Waals surface area contributed by atoms with Gasteiger partial charge in [0.2, 0.25) is 5.91 Å². The van der Waals surface area contributed by atoms with E-state index in [1.54, 1.807) is 0 Å². The lowest BCUT2D eigenvalue weighted by atomic mass is 10.1. The van der Waals surface area contributed by atoms with E-state index >= 15 is 0 Å². The molecule has 1 aromatic rings. The average molecular weight is 293 g/mol. The predicted molar refractivity (Wildman–Crippen MR) is 84.9 cm³/mol. The maximum Gasteiger partial charge on any atom is 0.220 e. The molecule has 0 aromatic heterocycles. The quantitative estimate of drug-likeness (QED) is 0.671. The fraction of sp³-hybridized carbons (Fsp3) is 0.588. The van der Waals surface area contributed by atoms with E-state index < -0.39 is 0 Å². The number of hydrogen-bond donors (Lipinski definition) is 1. The van der Waals surface area contributed by atoms with Crippen molar-refractivity contribution in [1.82, 2.24) is 5.32 Å². The lowest BCUT2D eigenvalue weighted by Gasteiger charge is -2.15. The minimum Gasteiger partial charge on any atom is -0.490 e. The lowest BCUT2D eigenvalue weighted by Crippen LogP contribution is -2.33. The topological polar surface area (TPSA) is 47.6 Å². The molecule has 21 heavy (non-hydrogen) atoms. The molecule has 1 aromatic carbocycles. The zero-order valence-electron chi connectivity index (χ0n) is 13.4. The van der Waals surface area contributed by atoms with Crippen molar-refractivity contribution in [2.24, 2.45) is 0 Å². The first-order valence-corrected chi connectivity index (χ1v) is 7.85. The summed E-state index contributed by atoms with van der Waals surface area (Å²) in [5.74, 6) is 1.59. The molecule has 4 heteroatoms. The molecule has 0 unspecified atom stereocenters. The van der Waals surface area contributed by atoms with E-state index in [1.807, 2.05) is 31.2 Å². The van der Waals surface area contributed by atoms with Crippen molar-refractivity contribution >= 4 is 5.91 Å². The lowest BCUT2D eigenvalue weighted by molar-refractivity contribution is -0.122. The Labute approximate surface area is 127 Å². The zero-order valence-corrected chi connectivity index (χ0v) is 13.4. The number of benzene rings is 1. The van der Waals surface area contributed by atoms with Gasteiger partial charge in [0.05, 0.1) is 13.2 Å². The molecule has 1 N–H and O–H groups in total. The fourth-order valence-electron chi connectivity index (χ4n) is 2.05. The van der Waals surface area contributed by atoms with Gasteiger partial charge in [-0.1, -0.05) is 26.0 Å². The van der Waals surface area contributed by atoms with Crippen molar-refractivity contribution in [2.75, 3.05) is 13.2 Å². The summed E-state index contributed by atoms with van der Waals surface area (Å²) in [7, 11) is 0. The number of hydrogen-bond acceptors (Lipinski definition) is 3. The maximum atomic E-state index is 11.8. The Morgan fingerprint density at radius 1 is 1.10 bits per heavy atom. The number of amides is 1. The molecule has 0 radical (unpaired) electrons. The molecule has 1 rings (SSSR count). The molecular weight excluding hydrogens is 266 g/mol. The number of para-hydroxylation sites is 2. The van der Waals surface area contributed by atoms with Crippen molar-refractivity contribution in [3.8, 4) is 11.5 Å². The van der Waals surface area contributed by atoms with Gasteiger partial charge in [-0.25, -0.2) is 0 Å². The van der Waals surface area contributed by atoms with Crippen LogP contribution >= 0.6 is 0 Å². The molecule has 0 heterocycles. The second kappa shape index (κ2) is 10.1. The van der Waals surface area contributed by atoms with E-state index in [2.05, 4.69) is 19.2 Å². The third kappa shape index (κ3) is 6.52. The van der Waals surface area contributed by atoms with E-state index in [-0.39, 0.29) is 11.9 Å². The van der Waals surface area contributed by atoms with E-state index in [1.165, 1.54) is 0 Å². The number of carbonyl (C=O) groups excluding carboxylic acids is 1. The minimum atomic E-state index is 0.102. The van der Waals surface area contributed by atoms with Gasteiger partial charge in [-0.05, 0) is 38.3 Å². The van der Waals surface area contributed by atoms with Crippen LogP contribution in [0.5, 0.6) is 11.5 Å². The molecule has 1 amide bonds. The summed E-state index contributed by atoms with van der Waals surface area (Å²) in [5, 5.41) is 3.03. The van der Waals surface area contributed by atoms with Crippen molar-refractivity contribution in [1.29, 1.82) is 0 Å². The van der Waals surface area contributed by atoms with Crippen molar-refractivity contribution in [3.63, 3.8) is 0 Å². The largest absolute Gasteiger partial charge is 0.490 e. The summed E-state index contributed by atoms with van der Waals surface area (Å²) >= 11 is 0. The molecule has 0 spiro atoms.